The molecule has 2 aromatic rings. The lowest BCUT2D eigenvalue weighted by Crippen LogP contribution is -1.99. The van der Waals surface area contributed by atoms with Gasteiger partial charge in [-0.25, -0.2) is 0 Å². The van der Waals surface area contributed by atoms with Crippen molar-refractivity contribution in [3.63, 3.8) is 0 Å². The highest BCUT2D eigenvalue weighted by atomic mass is 32.2. The highest BCUT2D eigenvalue weighted by Crippen LogP contribution is 2.29. The van der Waals surface area contributed by atoms with E-state index in [9.17, 15) is 0 Å². The SMILES string of the molecule is COc1ccc(/C=C\c2ccc(OC)cc2SN(C)C)cc1. The van der Waals surface area contributed by atoms with Crippen molar-refractivity contribution in [1.29, 1.82) is 0 Å². The Morgan fingerprint density at radius 2 is 1.50 bits per heavy atom. The summed E-state index contributed by atoms with van der Waals surface area (Å²) in [5, 5.41) is 0. The van der Waals surface area contributed by atoms with Crippen molar-refractivity contribution in [1.82, 2.24) is 4.31 Å². The molecule has 22 heavy (non-hydrogen) atoms. The fraction of sp³-hybridized carbons (Fsp3) is 0.222. The zero-order valence-corrected chi connectivity index (χ0v) is 14.2. The third kappa shape index (κ3) is 4.55. The van der Waals surface area contributed by atoms with Gasteiger partial charge in [-0.15, -0.1) is 0 Å². The molecule has 0 aliphatic rings. The molecule has 0 unspecified atom stereocenters. The monoisotopic (exact) mass is 315 g/mol. The van der Waals surface area contributed by atoms with Crippen molar-refractivity contribution in [2.24, 2.45) is 0 Å². The molecule has 0 saturated carbocycles. The number of nitrogens with zero attached hydrogens (tertiary/aromatic N) is 1. The van der Waals surface area contributed by atoms with Gasteiger partial charge in [0, 0.05) is 4.90 Å². The van der Waals surface area contributed by atoms with Crippen molar-refractivity contribution in [3.05, 3.63) is 53.6 Å². The molecule has 2 rings (SSSR count). The zero-order chi connectivity index (χ0) is 15.9. The first kappa shape index (κ1) is 16.5. The van der Waals surface area contributed by atoms with Crippen LogP contribution in [-0.4, -0.2) is 32.6 Å². The molecule has 0 radical (unpaired) electrons. The normalized spacial score (nSPS) is 11.1. The van der Waals surface area contributed by atoms with Crippen LogP contribution in [0.2, 0.25) is 0 Å². The van der Waals surface area contributed by atoms with E-state index in [1.807, 2.05) is 44.4 Å². The Labute approximate surface area is 136 Å². The van der Waals surface area contributed by atoms with E-state index in [1.165, 1.54) is 0 Å². The minimum atomic E-state index is 0.866. The van der Waals surface area contributed by atoms with E-state index in [0.717, 1.165) is 27.5 Å². The van der Waals surface area contributed by atoms with Gasteiger partial charge in [0.1, 0.15) is 11.5 Å². The maximum atomic E-state index is 5.31. The van der Waals surface area contributed by atoms with Gasteiger partial charge in [0.05, 0.1) is 14.2 Å². The fourth-order valence-corrected chi connectivity index (χ4v) is 2.76. The predicted octanol–water partition coefficient (Wildman–Crippen LogP) is 4.44. The van der Waals surface area contributed by atoms with E-state index in [4.69, 9.17) is 9.47 Å². The summed E-state index contributed by atoms with van der Waals surface area (Å²) in [7, 11) is 7.42. The Morgan fingerprint density at radius 1 is 0.864 bits per heavy atom. The van der Waals surface area contributed by atoms with Gasteiger partial charge in [-0.05, 0) is 61.4 Å². The quantitative estimate of drug-likeness (QED) is 0.580. The maximum absolute atomic E-state index is 5.31. The second kappa shape index (κ2) is 7.92. The number of hydrogen-bond acceptors (Lipinski definition) is 4. The molecule has 2 aromatic carbocycles. The van der Waals surface area contributed by atoms with Gasteiger partial charge >= 0.3 is 0 Å². The van der Waals surface area contributed by atoms with Gasteiger partial charge in [0.2, 0.25) is 0 Å². The van der Waals surface area contributed by atoms with Gasteiger partial charge in [-0.2, -0.15) is 0 Å². The van der Waals surface area contributed by atoms with Crippen LogP contribution in [-0.2, 0) is 0 Å². The van der Waals surface area contributed by atoms with Crippen molar-refractivity contribution in [2.45, 2.75) is 4.90 Å². The average Bonchev–Trinajstić information content (AvgIpc) is 2.53. The lowest BCUT2D eigenvalue weighted by Gasteiger charge is -2.12. The van der Waals surface area contributed by atoms with E-state index in [-0.39, 0.29) is 0 Å². The standard InChI is InChI=1S/C18H21NO2S/c1-19(2)22-18-13-17(21-4)12-9-15(18)8-5-14-6-10-16(20-3)11-7-14/h5-13H,1-4H3/b8-5-. The van der Waals surface area contributed by atoms with Crippen LogP contribution in [0.4, 0.5) is 0 Å². The molecule has 0 saturated heterocycles. The smallest absolute Gasteiger partial charge is 0.120 e. The van der Waals surface area contributed by atoms with Crippen LogP contribution >= 0.6 is 11.9 Å². The Balaban J connectivity index is 2.24. The van der Waals surface area contributed by atoms with Crippen LogP contribution < -0.4 is 9.47 Å². The third-order valence-corrected chi connectivity index (χ3v) is 3.99. The molecule has 116 valence electrons. The van der Waals surface area contributed by atoms with E-state index in [2.05, 4.69) is 28.6 Å². The summed E-state index contributed by atoms with van der Waals surface area (Å²) in [6, 6.07) is 14.1. The fourth-order valence-electron chi connectivity index (χ4n) is 1.96. The molecule has 0 atom stereocenters. The molecular formula is C18H21NO2S. The summed E-state index contributed by atoms with van der Waals surface area (Å²) in [6.45, 7) is 0. The minimum absolute atomic E-state index is 0.866. The lowest BCUT2D eigenvalue weighted by atomic mass is 10.1. The van der Waals surface area contributed by atoms with E-state index < -0.39 is 0 Å². The van der Waals surface area contributed by atoms with Crippen molar-refractivity contribution in [2.75, 3.05) is 28.3 Å². The van der Waals surface area contributed by atoms with E-state index in [1.54, 1.807) is 26.2 Å². The van der Waals surface area contributed by atoms with Crippen LogP contribution in [0, 0.1) is 0 Å². The Morgan fingerprint density at radius 3 is 2.09 bits per heavy atom. The Hall–Kier alpha value is -1.91. The van der Waals surface area contributed by atoms with Gasteiger partial charge in [-0.1, -0.05) is 30.4 Å². The molecule has 0 N–H and O–H groups in total. The van der Waals surface area contributed by atoms with Crippen LogP contribution in [0.3, 0.4) is 0 Å². The molecule has 3 nitrogen and oxygen atoms in total. The largest absolute Gasteiger partial charge is 0.497 e. The van der Waals surface area contributed by atoms with E-state index >= 15 is 0 Å². The van der Waals surface area contributed by atoms with Gasteiger partial charge in [0.25, 0.3) is 0 Å². The zero-order valence-electron chi connectivity index (χ0n) is 13.4. The summed E-state index contributed by atoms with van der Waals surface area (Å²) in [5.41, 5.74) is 2.30. The molecule has 0 spiro atoms. The first-order valence-electron chi connectivity index (χ1n) is 6.98. The maximum Gasteiger partial charge on any atom is 0.120 e. The van der Waals surface area contributed by atoms with Gasteiger partial charge < -0.3 is 9.47 Å². The summed E-state index contributed by atoms with van der Waals surface area (Å²) in [6.07, 6.45) is 4.22. The van der Waals surface area contributed by atoms with Gasteiger partial charge in [0.15, 0.2) is 0 Å². The van der Waals surface area contributed by atoms with Crippen molar-refractivity contribution >= 4 is 24.1 Å². The van der Waals surface area contributed by atoms with Crippen LogP contribution in [0.5, 0.6) is 11.5 Å². The number of hydrogen-bond donors (Lipinski definition) is 0. The molecule has 0 heterocycles. The summed E-state index contributed by atoms with van der Waals surface area (Å²) >= 11 is 1.68. The topological polar surface area (TPSA) is 21.7 Å². The molecule has 0 amide bonds. The minimum Gasteiger partial charge on any atom is -0.497 e. The number of ether oxygens (including phenoxy) is 2. The average molecular weight is 315 g/mol. The van der Waals surface area contributed by atoms with Crippen LogP contribution in [0.25, 0.3) is 12.2 Å². The van der Waals surface area contributed by atoms with Crippen molar-refractivity contribution in [3.8, 4) is 11.5 Å². The molecule has 0 fully saturated rings. The van der Waals surface area contributed by atoms with Crippen LogP contribution in [0.1, 0.15) is 11.1 Å². The number of methoxy groups -OCH3 is 2. The molecule has 0 aliphatic heterocycles. The highest BCUT2D eigenvalue weighted by Gasteiger charge is 2.05. The first-order valence-corrected chi connectivity index (χ1v) is 7.75. The Bertz CT molecular complexity index is 636. The number of benzene rings is 2. The second-order valence-corrected chi connectivity index (χ2v) is 6.27. The highest BCUT2D eigenvalue weighted by molar-refractivity contribution is 7.97. The molecule has 0 aromatic heterocycles. The second-order valence-electron chi connectivity index (χ2n) is 4.91. The number of rotatable bonds is 6. The summed E-state index contributed by atoms with van der Waals surface area (Å²) < 4.78 is 12.6. The van der Waals surface area contributed by atoms with Crippen LogP contribution in [0.15, 0.2) is 47.4 Å². The molecular weight excluding hydrogens is 294 g/mol. The molecule has 0 bridgehead atoms. The molecule has 4 heteroatoms. The predicted molar refractivity (Wildman–Crippen MR) is 94.5 cm³/mol. The van der Waals surface area contributed by atoms with Gasteiger partial charge in [-0.3, -0.25) is 4.31 Å². The van der Waals surface area contributed by atoms with E-state index in [0.29, 0.717) is 0 Å². The van der Waals surface area contributed by atoms with Crippen molar-refractivity contribution < 1.29 is 9.47 Å². The Kier molecular flexibility index (Phi) is 5.92. The summed E-state index contributed by atoms with van der Waals surface area (Å²) in [4.78, 5) is 1.16. The third-order valence-electron chi connectivity index (χ3n) is 3.07. The molecule has 0 aliphatic carbocycles. The summed E-state index contributed by atoms with van der Waals surface area (Å²) in [5.74, 6) is 1.73. The lowest BCUT2D eigenvalue weighted by molar-refractivity contribution is 0.413. The first-order chi connectivity index (χ1) is 10.6.